The molecule has 0 radical (unpaired) electrons. The minimum Gasteiger partial charge on any atom is -0.493 e. The first kappa shape index (κ1) is 19.1. The number of hydrogen-bond acceptors (Lipinski definition) is 6. The number of carbonyl (C=O) groups excluding carboxylic acids is 1. The van der Waals surface area contributed by atoms with Crippen LogP contribution in [-0.2, 0) is 11.3 Å². The summed E-state index contributed by atoms with van der Waals surface area (Å²) in [4.78, 5) is 16.5. The number of rotatable bonds is 5. The summed E-state index contributed by atoms with van der Waals surface area (Å²) in [5, 5.41) is 12.5. The monoisotopic (exact) mass is 404 g/mol. The van der Waals surface area contributed by atoms with Gasteiger partial charge in [-0.1, -0.05) is 0 Å². The normalized spacial score (nSPS) is 18.1. The van der Waals surface area contributed by atoms with Crippen LogP contribution in [0.25, 0.3) is 11.0 Å². The average molecular weight is 404 g/mol. The fourth-order valence-electron chi connectivity index (χ4n) is 3.19. The van der Waals surface area contributed by atoms with Crippen LogP contribution in [0.15, 0.2) is 40.9 Å². The largest absolute Gasteiger partial charge is 0.493 e. The van der Waals surface area contributed by atoms with Crippen molar-refractivity contribution in [2.75, 3.05) is 13.2 Å². The zero-order chi connectivity index (χ0) is 20.6. The molecule has 2 aromatic heterocycles. The molecule has 29 heavy (non-hydrogen) atoms. The number of fused-ring (bicyclic) bond motifs is 1. The van der Waals surface area contributed by atoms with E-state index in [1.165, 1.54) is 6.20 Å². The fourth-order valence-corrected chi connectivity index (χ4v) is 3.19. The highest BCUT2D eigenvalue weighted by molar-refractivity contribution is 6.07. The number of aryl methyl sites for hydroxylation is 1. The molecule has 1 aliphatic rings. The van der Waals surface area contributed by atoms with Crippen LogP contribution in [0, 0.1) is 6.92 Å². The summed E-state index contributed by atoms with van der Waals surface area (Å²) in [5.41, 5.74) is 1.09. The molecule has 7 nitrogen and oxygen atoms in total. The van der Waals surface area contributed by atoms with Crippen molar-refractivity contribution < 1.29 is 32.6 Å². The van der Waals surface area contributed by atoms with Gasteiger partial charge in [0.25, 0.3) is 11.8 Å². The maximum absolute atomic E-state index is 13.8. The van der Waals surface area contributed by atoms with E-state index in [2.05, 4.69) is 10.3 Å². The Hall–Kier alpha value is -3.20. The molecule has 9 heteroatoms. The van der Waals surface area contributed by atoms with Gasteiger partial charge in [-0.05, 0) is 37.3 Å². The van der Waals surface area contributed by atoms with Gasteiger partial charge < -0.3 is 24.3 Å². The number of amides is 1. The lowest BCUT2D eigenvalue weighted by molar-refractivity contribution is -0.0227. The maximum Gasteiger partial charge on any atom is 0.292 e. The van der Waals surface area contributed by atoms with Crippen molar-refractivity contribution in [1.29, 1.82) is 0 Å². The van der Waals surface area contributed by atoms with Crippen LogP contribution in [0.3, 0.4) is 0 Å². The molecule has 1 atom stereocenters. The number of nitrogens with one attached hydrogen (secondary N) is 1. The third-order valence-corrected chi connectivity index (χ3v) is 4.72. The molecule has 3 heterocycles. The van der Waals surface area contributed by atoms with Gasteiger partial charge in [0, 0.05) is 11.6 Å². The van der Waals surface area contributed by atoms with Crippen molar-refractivity contribution in [2.45, 2.75) is 25.5 Å². The number of halogens is 2. The van der Waals surface area contributed by atoms with Gasteiger partial charge in [-0.2, -0.15) is 0 Å². The van der Waals surface area contributed by atoms with Crippen molar-refractivity contribution in [1.82, 2.24) is 10.3 Å². The lowest BCUT2D eigenvalue weighted by atomic mass is 10.1. The number of pyridine rings is 1. The number of aromatic hydroxyl groups is 1. The average Bonchev–Trinajstić information content (AvgIpc) is 3.18. The third kappa shape index (κ3) is 3.73. The molecule has 152 valence electrons. The molecule has 1 fully saturated rings. The number of aromatic nitrogens is 1. The van der Waals surface area contributed by atoms with Crippen molar-refractivity contribution in [3.8, 4) is 11.6 Å². The summed E-state index contributed by atoms with van der Waals surface area (Å²) in [6.07, 6.45) is 1.46. The molecule has 3 aromatic rings. The highest BCUT2D eigenvalue weighted by atomic mass is 19.3. The molecular formula is C20H18F2N2O5. The van der Waals surface area contributed by atoms with Gasteiger partial charge in [0.1, 0.15) is 36.3 Å². The van der Waals surface area contributed by atoms with E-state index >= 15 is 0 Å². The molecule has 4 rings (SSSR count). The van der Waals surface area contributed by atoms with Crippen molar-refractivity contribution in [3.63, 3.8) is 0 Å². The molecular weight excluding hydrogens is 386 g/mol. The second-order valence-electron chi connectivity index (χ2n) is 6.77. The molecule has 0 saturated carbocycles. The summed E-state index contributed by atoms with van der Waals surface area (Å²) in [7, 11) is 0. The Bertz CT molecular complexity index is 1070. The summed E-state index contributed by atoms with van der Waals surface area (Å²) >= 11 is 0. The first-order chi connectivity index (χ1) is 13.8. The van der Waals surface area contributed by atoms with Gasteiger partial charge in [0.05, 0.1) is 17.7 Å². The molecule has 2 N–H and O–H groups in total. The Kier molecular flexibility index (Phi) is 4.83. The lowest BCUT2D eigenvalue weighted by Gasteiger charge is -2.18. The highest BCUT2D eigenvalue weighted by Crippen LogP contribution is 2.31. The summed E-state index contributed by atoms with van der Waals surface area (Å²) < 4.78 is 43.6. The number of carbonyl (C=O) groups is 1. The van der Waals surface area contributed by atoms with Crippen LogP contribution in [0.2, 0.25) is 0 Å². The minimum absolute atomic E-state index is 0.0647. The number of alkyl halides is 2. The van der Waals surface area contributed by atoms with E-state index in [4.69, 9.17) is 13.9 Å². The van der Waals surface area contributed by atoms with E-state index in [-0.39, 0.29) is 24.7 Å². The summed E-state index contributed by atoms with van der Waals surface area (Å²) in [6.45, 7) is 0.681. The molecule has 0 spiro atoms. The molecule has 1 amide bonds. The lowest BCUT2D eigenvalue weighted by Crippen LogP contribution is -2.46. The zero-order valence-electron chi connectivity index (χ0n) is 15.4. The van der Waals surface area contributed by atoms with Crippen LogP contribution in [0.5, 0.6) is 11.6 Å². The highest BCUT2D eigenvalue weighted by Gasteiger charge is 2.46. The van der Waals surface area contributed by atoms with E-state index in [1.807, 2.05) is 0 Å². The number of benzene rings is 1. The van der Waals surface area contributed by atoms with Crippen molar-refractivity contribution in [3.05, 3.63) is 53.4 Å². The standard InChI is InChI=1S/C20H18F2N2O5/c1-11-17(19(26)24-16-9-27-10-20(16,21)22)14-7-13(4-5-15(14)29-11)28-8-12-3-2-6-23-18(12)25/h2-7,16H,8-10H2,1H3,(H,23,25)(H,24,26). The van der Waals surface area contributed by atoms with Crippen molar-refractivity contribution >= 4 is 16.9 Å². The number of nitrogens with zero attached hydrogens (tertiary/aromatic N) is 1. The number of furan rings is 1. The Labute approximate surface area is 164 Å². The Morgan fingerprint density at radius 3 is 2.97 bits per heavy atom. The molecule has 1 saturated heterocycles. The van der Waals surface area contributed by atoms with Gasteiger partial charge in [0.15, 0.2) is 0 Å². The van der Waals surface area contributed by atoms with Gasteiger partial charge in [0.2, 0.25) is 5.88 Å². The Balaban J connectivity index is 1.58. The first-order valence-corrected chi connectivity index (χ1v) is 8.90. The quantitative estimate of drug-likeness (QED) is 0.678. The van der Waals surface area contributed by atoms with E-state index in [0.29, 0.717) is 28.0 Å². The van der Waals surface area contributed by atoms with E-state index in [9.17, 15) is 18.7 Å². The minimum atomic E-state index is -3.12. The van der Waals surface area contributed by atoms with Crippen LogP contribution < -0.4 is 10.1 Å². The topological polar surface area (TPSA) is 93.8 Å². The van der Waals surface area contributed by atoms with E-state index < -0.39 is 24.5 Å². The molecule has 1 aliphatic heterocycles. The predicted molar refractivity (Wildman–Crippen MR) is 98.2 cm³/mol. The second-order valence-corrected chi connectivity index (χ2v) is 6.77. The van der Waals surface area contributed by atoms with Crippen molar-refractivity contribution in [2.24, 2.45) is 0 Å². The third-order valence-electron chi connectivity index (χ3n) is 4.72. The smallest absolute Gasteiger partial charge is 0.292 e. The summed E-state index contributed by atoms with van der Waals surface area (Å²) in [6, 6.07) is 6.83. The molecule has 0 bridgehead atoms. The summed E-state index contributed by atoms with van der Waals surface area (Å²) in [5.74, 6) is -3.19. The fraction of sp³-hybridized carbons (Fsp3) is 0.300. The zero-order valence-corrected chi connectivity index (χ0v) is 15.4. The number of hydrogen-bond donors (Lipinski definition) is 2. The second kappa shape index (κ2) is 7.32. The van der Waals surface area contributed by atoms with E-state index in [1.54, 1.807) is 37.3 Å². The van der Waals surface area contributed by atoms with Gasteiger partial charge in [-0.25, -0.2) is 13.8 Å². The molecule has 1 aromatic carbocycles. The van der Waals surface area contributed by atoms with E-state index in [0.717, 1.165) is 0 Å². The molecule has 0 aliphatic carbocycles. The van der Waals surface area contributed by atoms with Crippen LogP contribution in [0.1, 0.15) is 21.7 Å². The number of ether oxygens (including phenoxy) is 2. The Morgan fingerprint density at radius 1 is 1.41 bits per heavy atom. The molecule has 1 unspecified atom stereocenters. The predicted octanol–water partition coefficient (Wildman–Crippen LogP) is 3.18. The van der Waals surface area contributed by atoms with Gasteiger partial charge >= 0.3 is 0 Å². The van der Waals surface area contributed by atoms with Gasteiger partial charge in [-0.3, -0.25) is 4.79 Å². The van der Waals surface area contributed by atoms with Crippen LogP contribution in [-0.4, -0.2) is 41.2 Å². The maximum atomic E-state index is 13.8. The van der Waals surface area contributed by atoms with Crippen LogP contribution in [0.4, 0.5) is 8.78 Å². The SMILES string of the molecule is Cc1oc2ccc(OCc3cccnc3O)cc2c1C(=O)NC1COCC1(F)F. The Morgan fingerprint density at radius 2 is 2.24 bits per heavy atom. The van der Waals surface area contributed by atoms with Crippen LogP contribution >= 0.6 is 0 Å². The first-order valence-electron chi connectivity index (χ1n) is 8.90. The van der Waals surface area contributed by atoms with Gasteiger partial charge in [-0.15, -0.1) is 0 Å².